The van der Waals surface area contributed by atoms with Gasteiger partial charge in [0.05, 0.1) is 25.7 Å². The van der Waals surface area contributed by atoms with Gasteiger partial charge in [-0.1, -0.05) is 11.6 Å². The summed E-state index contributed by atoms with van der Waals surface area (Å²) >= 11 is 6.23. The van der Waals surface area contributed by atoms with Crippen molar-refractivity contribution in [2.75, 3.05) is 51.4 Å². The number of hydrogen-bond donors (Lipinski definition) is 2. The van der Waals surface area contributed by atoms with Crippen LogP contribution in [0, 0.1) is 5.92 Å². The second kappa shape index (κ2) is 10.8. The zero-order chi connectivity index (χ0) is 21.5. The van der Waals surface area contributed by atoms with Gasteiger partial charge in [0.25, 0.3) is 0 Å². The van der Waals surface area contributed by atoms with E-state index in [0.717, 1.165) is 81.8 Å². The normalized spacial score (nSPS) is 21.5. The molecule has 2 fully saturated rings. The van der Waals surface area contributed by atoms with Gasteiger partial charge in [-0.3, -0.25) is 4.99 Å². The molecule has 2 aliphatic rings. The summed E-state index contributed by atoms with van der Waals surface area (Å²) in [5, 5.41) is 7.81. The fourth-order valence-corrected chi connectivity index (χ4v) is 4.23. The predicted molar refractivity (Wildman–Crippen MR) is 123 cm³/mol. The molecular weight excluding hydrogens is 416 g/mol. The highest BCUT2D eigenvalue weighted by Crippen LogP contribution is 2.33. The van der Waals surface area contributed by atoms with E-state index < -0.39 is 0 Å². The van der Waals surface area contributed by atoms with Crippen LogP contribution in [0.3, 0.4) is 0 Å². The van der Waals surface area contributed by atoms with Gasteiger partial charge in [0.15, 0.2) is 5.96 Å². The topological polar surface area (TPSA) is 71.3 Å². The van der Waals surface area contributed by atoms with Crippen molar-refractivity contribution in [3.8, 4) is 5.75 Å². The molecule has 2 aliphatic heterocycles. The molecule has 31 heavy (non-hydrogen) atoms. The molecule has 1 aromatic heterocycles. The maximum Gasteiger partial charge on any atom is 0.191 e. The molecule has 0 aliphatic carbocycles. The van der Waals surface area contributed by atoms with E-state index >= 15 is 0 Å². The largest absolute Gasteiger partial charge is 0.495 e. The number of aliphatic imine (C=N–C) groups is 1. The number of rotatable bonds is 8. The van der Waals surface area contributed by atoms with E-state index in [9.17, 15) is 0 Å². The van der Waals surface area contributed by atoms with E-state index in [-0.39, 0.29) is 0 Å². The lowest BCUT2D eigenvalue weighted by molar-refractivity contribution is 0.187. The molecule has 0 bridgehead atoms. The van der Waals surface area contributed by atoms with Crippen molar-refractivity contribution in [2.24, 2.45) is 10.9 Å². The van der Waals surface area contributed by atoms with Gasteiger partial charge in [-0.25, -0.2) is 0 Å². The number of guanidine groups is 1. The van der Waals surface area contributed by atoms with Crippen LogP contribution in [0.2, 0.25) is 5.02 Å². The highest BCUT2D eigenvalue weighted by atomic mass is 35.5. The summed E-state index contributed by atoms with van der Waals surface area (Å²) < 4.78 is 16.5. The van der Waals surface area contributed by atoms with Crippen LogP contribution < -0.4 is 20.3 Å². The Kier molecular flexibility index (Phi) is 7.59. The van der Waals surface area contributed by atoms with Gasteiger partial charge < -0.3 is 29.4 Å². The Hall–Kier alpha value is -2.38. The quantitative estimate of drug-likeness (QED) is 0.478. The monoisotopic (exact) mass is 446 g/mol. The van der Waals surface area contributed by atoms with Crippen molar-refractivity contribution in [1.29, 1.82) is 0 Å². The first-order valence-corrected chi connectivity index (χ1v) is 11.3. The standard InChI is InChI=1S/C23H31ClN4O3/c1-29-22-5-4-18(24)13-21(22)28-10-7-19(15-28)27-23(26-14-17-8-12-30-16-17)25-9-6-20-3-2-11-31-20/h2-5,11,13,17,19H,6-10,12,14-16H2,1H3,(H2,25,26,27). The van der Waals surface area contributed by atoms with E-state index in [1.807, 2.05) is 30.3 Å². The average Bonchev–Trinajstić information content (AvgIpc) is 3.54. The van der Waals surface area contributed by atoms with Gasteiger partial charge in [0, 0.05) is 56.2 Å². The molecule has 8 heteroatoms. The van der Waals surface area contributed by atoms with Crippen LogP contribution in [-0.4, -0.2) is 58.5 Å². The first-order valence-electron chi connectivity index (χ1n) is 10.9. The molecule has 3 heterocycles. The fourth-order valence-electron chi connectivity index (χ4n) is 4.06. The third-order valence-electron chi connectivity index (χ3n) is 5.79. The van der Waals surface area contributed by atoms with Crippen LogP contribution >= 0.6 is 11.6 Å². The highest BCUT2D eigenvalue weighted by molar-refractivity contribution is 6.30. The molecule has 0 amide bonds. The van der Waals surface area contributed by atoms with E-state index in [1.54, 1.807) is 13.4 Å². The Morgan fingerprint density at radius 3 is 3.03 bits per heavy atom. The molecular formula is C23H31ClN4O3. The summed E-state index contributed by atoms with van der Waals surface area (Å²) in [5.41, 5.74) is 1.03. The molecule has 0 saturated carbocycles. The predicted octanol–water partition coefficient (Wildman–Crippen LogP) is 3.33. The van der Waals surface area contributed by atoms with Crippen molar-refractivity contribution >= 4 is 23.2 Å². The van der Waals surface area contributed by atoms with Crippen molar-refractivity contribution < 1.29 is 13.9 Å². The third kappa shape index (κ3) is 6.08. The molecule has 0 radical (unpaired) electrons. The van der Waals surface area contributed by atoms with Crippen molar-refractivity contribution in [1.82, 2.24) is 10.6 Å². The Morgan fingerprint density at radius 2 is 2.26 bits per heavy atom. The number of anilines is 1. The number of halogens is 1. The number of hydrogen-bond acceptors (Lipinski definition) is 5. The minimum atomic E-state index is 0.290. The number of furan rings is 1. The van der Waals surface area contributed by atoms with Crippen LogP contribution in [0.1, 0.15) is 18.6 Å². The second-order valence-electron chi connectivity index (χ2n) is 8.07. The van der Waals surface area contributed by atoms with Crippen molar-refractivity contribution in [3.05, 3.63) is 47.4 Å². The zero-order valence-corrected chi connectivity index (χ0v) is 18.7. The van der Waals surface area contributed by atoms with Gasteiger partial charge in [0.2, 0.25) is 0 Å². The maximum atomic E-state index is 6.23. The number of ether oxygens (including phenoxy) is 2. The molecule has 2 atom stereocenters. The molecule has 168 valence electrons. The molecule has 2 N–H and O–H groups in total. The van der Waals surface area contributed by atoms with E-state index in [2.05, 4.69) is 15.5 Å². The van der Waals surface area contributed by atoms with Crippen LogP contribution in [0.4, 0.5) is 5.69 Å². The number of nitrogens with one attached hydrogen (secondary N) is 2. The third-order valence-corrected chi connectivity index (χ3v) is 6.02. The molecule has 7 nitrogen and oxygen atoms in total. The Bertz CT molecular complexity index is 853. The smallest absolute Gasteiger partial charge is 0.191 e. The summed E-state index contributed by atoms with van der Waals surface area (Å²) in [6, 6.07) is 9.95. The SMILES string of the molecule is COc1ccc(Cl)cc1N1CCC(NC(=NCC2CCOC2)NCCc2ccco2)C1. The lowest BCUT2D eigenvalue weighted by atomic mass is 10.1. The van der Waals surface area contributed by atoms with Gasteiger partial charge in [-0.05, 0) is 43.2 Å². The van der Waals surface area contributed by atoms with E-state index in [0.29, 0.717) is 17.0 Å². The van der Waals surface area contributed by atoms with E-state index in [1.165, 1.54) is 0 Å². The molecule has 0 spiro atoms. The Morgan fingerprint density at radius 1 is 1.32 bits per heavy atom. The van der Waals surface area contributed by atoms with Crippen LogP contribution in [0.25, 0.3) is 0 Å². The van der Waals surface area contributed by atoms with Crippen LogP contribution in [0.5, 0.6) is 5.75 Å². The lowest BCUT2D eigenvalue weighted by Crippen LogP contribution is -2.45. The van der Waals surface area contributed by atoms with Crippen molar-refractivity contribution in [2.45, 2.75) is 25.3 Å². The van der Waals surface area contributed by atoms with Crippen LogP contribution in [0.15, 0.2) is 46.0 Å². The van der Waals surface area contributed by atoms with Gasteiger partial charge in [-0.2, -0.15) is 0 Å². The van der Waals surface area contributed by atoms with Gasteiger partial charge in [-0.15, -0.1) is 0 Å². The maximum absolute atomic E-state index is 6.23. The molecule has 2 saturated heterocycles. The first-order chi connectivity index (χ1) is 15.2. The fraction of sp³-hybridized carbons (Fsp3) is 0.522. The Labute approximate surface area is 188 Å². The summed E-state index contributed by atoms with van der Waals surface area (Å²) in [5.74, 6) is 3.16. The van der Waals surface area contributed by atoms with Gasteiger partial charge in [0.1, 0.15) is 11.5 Å². The number of benzene rings is 1. The number of methoxy groups -OCH3 is 1. The van der Waals surface area contributed by atoms with Crippen LogP contribution in [-0.2, 0) is 11.2 Å². The minimum Gasteiger partial charge on any atom is -0.495 e. The molecule has 1 aromatic carbocycles. The van der Waals surface area contributed by atoms with Crippen molar-refractivity contribution in [3.63, 3.8) is 0 Å². The minimum absolute atomic E-state index is 0.290. The van der Waals surface area contributed by atoms with Gasteiger partial charge >= 0.3 is 0 Å². The number of nitrogens with zero attached hydrogens (tertiary/aromatic N) is 2. The lowest BCUT2D eigenvalue weighted by Gasteiger charge is -2.22. The summed E-state index contributed by atoms with van der Waals surface area (Å²) in [7, 11) is 1.69. The van der Waals surface area contributed by atoms with E-state index in [4.69, 9.17) is 30.5 Å². The molecule has 2 unspecified atom stereocenters. The summed E-state index contributed by atoms with van der Waals surface area (Å²) in [6.45, 7) is 4.98. The highest BCUT2D eigenvalue weighted by Gasteiger charge is 2.26. The zero-order valence-electron chi connectivity index (χ0n) is 18.0. The first kappa shape index (κ1) is 21.8. The molecule has 2 aromatic rings. The second-order valence-corrected chi connectivity index (χ2v) is 8.50. The average molecular weight is 447 g/mol. The summed E-state index contributed by atoms with van der Waals surface area (Å²) in [6.07, 6.45) is 4.62. The Balaban J connectivity index is 1.36. The molecule has 4 rings (SSSR count). The summed E-state index contributed by atoms with van der Waals surface area (Å²) in [4.78, 5) is 7.17.